The van der Waals surface area contributed by atoms with Gasteiger partial charge in [0.2, 0.25) is 5.91 Å². The van der Waals surface area contributed by atoms with Crippen molar-refractivity contribution < 1.29 is 4.79 Å². The topological polar surface area (TPSA) is 66.9 Å². The van der Waals surface area contributed by atoms with E-state index in [1.54, 1.807) is 6.20 Å². The quantitative estimate of drug-likeness (QED) is 0.796. The van der Waals surface area contributed by atoms with Crippen LogP contribution in [0.4, 0.5) is 11.5 Å². The van der Waals surface area contributed by atoms with E-state index in [0.29, 0.717) is 21.6 Å². The number of benzene rings is 1. The highest BCUT2D eigenvalue weighted by atomic mass is 79.9. The molecule has 5 nitrogen and oxygen atoms in total. The standard InChI is InChI=1S/C14H12Br2N4O/c15-11-7-18-13(12(16)19-11)20-14(21)9-5-8-3-1-2-4-10(8)17-6-9/h1-4,7,9,17H,5-6H2,(H,18,20,21). The maximum absolute atomic E-state index is 12.4. The number of anilines is 2. The Labute approximate surface area is 138 Å². The first-order valence-electron chi connectivity index (χ1n) is 6.44. The van der Waals surface area contributed by atoms with E-state index in [4.69, 9.17) is 0 Å². The van der Waals surface area contributed by atoms with Crippen LogP contribution in [0.15, 0.2) is 39.7 Å². The number of hydrogen-bond acceptors (Lipinski definition) is 4. The summed E-state index contributed by atoms with van der Waals surface area (Å²) in [6.45, 7) is 0.615. The lowest BCUT2D eigenvalue weighted by Crippen LogP contribution is -2.34. The van der Waals surface area contributed by atoms with E-state index in [1.165, 1.54) is 0 Å². The SMILES string of the molecule is O=C(Nc1ncc(Br)nc1Br)C1CNc2ccccc2C1. The summed E-state index contributed by atoms with van der Waals surface area (Å²) in [4.78, 5) is 20.7. The van der Waals surface area contributed by atoms with Crippen molar-refractivity contribution in [1.29, 1.82) is 0 Å². The predicted molar refractivity (Wildman–Crippen MR) is 88.2 cm³/mol. The van der Waals surface area contributed by atoms with Crippen LogP contribution < -0.4 is 10.6 Å². The van der Waals surface area contributed by atoms with Crippen LogP contribution in [0.25, 0.3) is 0 Å². The number of carbonyl (C=O) groups is 1. The van der Waals surface area contributed by atoms with Crippen molar-refractivity contribution in [1.82, 2.24) is 9.97 Å². The molecule has 0 aliphatic carbocycles. The van der Waals surface area contributed by atoms with Crippen LogP contribution in [0.1, 0.15) is 5.56 Å². The molecule has 21 heavy (non-hydrogen) atoms. The van der Waals surface area contributed by atoms with Crippen molar-refractivity contribution in [3.63, 3.8) is 0 Å². The maximum atomic E-state index is 12.4. The zero-order valence-electron chi connectivity index (χ0n) is 10.9. The van der Waals surface area contributed by atoms with E-state index in [9.17, 15) is 4.79 Å². The number of hydrogen-bond donors (Lipinski definition) is 2. The van der Waals surface area contributed by atoms with E-state index < -0.39 is 0 Å². The van der Waals surface area contributed by atoms with E-state index in [-0.39, 0.29) is 11.8 Å². The molecule has 108 valence electrons. The van der Waals surface area contributed by atoms with Gasteiger partial charge in [-0.3, -0.25) is 4.79 Å². The van der Waals surface area contributed by atoms with Crippen LogP contribution in [-0.4, -0.2) is 22.4 Å². The third kappa shape index (κ3) is 3.24. The van der Waals surface area contributed by atoms with Gasteiger partial charge in [0.1, 0.15) is 9.21 Å². The van der Waals surface area contributed by atoms with Crippen LogP contribution in [0.5, 0.6) is 0 Å². The van der Waals surface area contributed by atoms with Crippen molar-refractivity contribution in [2.24, 2.45) is 5.92 Å². The summed E-state index contributed by atoms with van der Waals surface area (Å²) in [6, 6.07) is 8.04. The average molecular weight is 412 g/mol. The third-order valence-electron chi connectivity index (χ3n) is 3.34. The summed E-state index contributed by atoms with van der Waals surface area (Å²) in [7, 11) is 0. The molecule has 2 heterocycles. The molecule has 0 saturated carbocycles. The Morgan fingerprint density at radius 3 is 2.95 bits per heavy atom. The smallest absolute Gasteiger partial charge is 0.230 e. The summed E-state index contributed by atoms with van der Waals surface area (Å²) in [5.74, 6) is 0.244. The first kappa shape index (κ1) is 14.5. The number of fused-ring (bicyclic) bond motifs is 1. The third-order valence-corrected chi connectivity index (χ3v) is 4.27. The molecular formula is C14H12Br2N4O. The zero-order chi connectivity index (χ0) is 14.8. The Hall–Kier alpha value is -1.47. The lowest BCUT2D eigenvalue weighted by Gasteiger charge is -2.25. The Balaban J connectivity index is 1.72. The molecule has 2 N–H and O–H groups in total. The van der Waals surface area contributed by atoms with Gasteiger partial charge >= 0.3 is 0 Å². The van der Waals surface area contributed by atoms with Crippen molar-refractivity contribution in [2.75, 3.05) is 17.2 Å². The Bertz CT molecular complexity index is 692. The Morgan fingerprint density at radius 2 is 2.14 bits per heavy atom. The number of halogens is 2. The fraction of sp³-hybridized carbons (Fsp3) is 0.214. The highest BCUT2D eigenvalue weighted by Gasteiger charge is 2.25. The van der Waals surface area contributed by atoms with Gasteiger partial charge in [-0.2, -0.15) is 0 Å². The highest BCUT2D eigenvalue weighted by Crippen LogP contribution is 2.26. The molecule has 0 bridgehead atoms. The predicted octanol–water partition coefficient (Wildman–Crippen LogP) is 3.22. The van der Waals surface area contributed by atoms with Crippen molar-refractivity contribution in [3.05, 3.63) is 45.2 Å². The number of amides is 1. The van der Waals surface area contributed by atoms with Crippen molar-refractivity contribution in [2.45, 2.75) is 6.42 Å². The molecule has 1 aliphatic rings. The normalized spacial score (nSPS) is 16.8. The lowest BCUT2D eigenvalue weighted by atomic mass is 9.93. The molecule has 1 aromatic heterocycles. The number of nitrogens with one attached hydrogen (secondary N) is 2. The fourth-order valence-electron chi connectivity index (χ4n) is 2.28. The molecule has 0 spiro atoms. The first-order chi connectivity index (χ1) is 10.1. The van der Waals surface area contributed by atoms with Crippen molar-refractivity contribution in [3.8, 4) is 0 Å². The molecule has 1 amide bonds. The van der Waals surface area contributed by atoms with E-state index >= 15 is 0 Å². The Kier molecular flexibility index (Phi) is 4.21. The number of rotatable bonds is 2. The van der Waals surface area contributed by atoms with Gasteiger partial charge in [-0.25, -0.2) is 9.97 Å². The summed E-state index contributed by atoms with van der Waals surface area (Å²) in [5, 5.41) is 6.10. The monoisotopic (exact) mass is 410 g/mol. The van der Waals surface area contributed by atoms with Gasteiger partial charge < -0.3 is 10.6 Å². The molecule has 0 radical (unpaired) electrons. The zero-order valence-corrected chi connectivity index (χ0v) is 14.1. The van der Waals surface area contributed by atoms with E-state index in [1.807, 2.05) is 24.3 Å². The minimum atomic E-state index is -0.128. The van der Waals surface area contributed by atoms with Gasteiger partial charge in [0.15, 0.2) is 5.82 Å². The number of para-hydroxylation sites is 1. The van der Waals surface area contributed by atoms with E-state index in [2.05, 4.69) is 52.5 Å². The molecule has 3 rings (SSSR count). The number of carbonyl (C=O) groups excluding carboxylic acids is 1. The highest BCUT2D eigenvalue weighted by molar-refractivity contribution is 9.11. The maximum Gasteiger partial charge on any atom is 0.230 e. The summed E-state index contributed by atoms with van der Waals surface area (Å²) >= 11 is 6.52. The number of aromatic nitrogens is 2. The first-order valence-corrected chi connectivity index (χ1v) is 8.03. The van der Waals surface area contributed by atoms with Gasteiger partial charge in [-0.05, 0) is 49.9 Å². The largest absolute Gasteiger partial charge is 0.384 e. The fourth-order valence-corrected chi connectivity index (χ4v) is 3.19. The molecular weight excluding hydrogens is 400 g/mol. The van der Waals surface area contributed by atoms with Gasteiger partial charge in [-0.1, -0.05) is 18.2 Å². The second kappa shape index (κ2) is 6.11. The second-order valence-corrected chi connectivity index (χ2v) is 6.32. The minimum Gasteiger partial charge on any atom is -0.384 e. The van der Waals surface area contributed by atoms with Gasteiger partial charge in [0.05, 0.1) is 12.1 Å². The summed E-state index contributed by atoms with van der Waals surface area (Å²) in [6.07, 6.45) is 2.27. The Morgan fingerprint density at radius 1 is 1.33 bits per heavy atom. The average Bonchev–Trinajstić information content (AvgIpc) is 2.49. The van der Waals surface area contributed by atoms with Gasteiger partial charge in [-0.15, -0.1) is 0 Å². The van der Waals surface area contributed by atoms with E-state index in [0.717, 1.165) is 17.7 Å². The summed E-state index contributed by atoms with van der Waals surface area (Å²) in [5.41, 5.74) is 2.26. The van der Waals surface area contributed by atoms with Gasteiger partial charge in [0, 0.05) is 12.2 Å². The number of nitrogens with zero attached hydrogens (tertiary/aromatic N) is 2. The molecule has 2 aromatic rings. The molecule has 7 heteroatoms. The van der Waals surface area contributed by atoms with Crippen LogP contribution in [0, 0.1) is 5.92 Å². The lowest BCUT2D eigenvalue weighted by molar-refractivity contribution is -0.119. The van der Waals surface area contributed by atoms with Crippen LogP contribution in [0.2, 0.25) is 0 Å². The second-order valence-electron chi connectivity index (χ2n) is 4.76. The van der Waals surface area contributed by atoms with Crippen LogP contribution in [0.3, 0.4) is 0 Å². The summed E-state index contributed by atoms with van der Waals surface area (Å²) < 4.78 is 1.12. The van der Waals surface area contributed by atoms with Crippen LogP contribution >= 0.6 is 31.9 Å². The molecule has 1 aliphatic heterocycles. The molecule has 1 unspecified atom stereocenters. The molecule has 1 atom stereocenters. The molecule has 0 saturated heterocycles. The molecule has 1 aromatic carbocycles. The van der Waals surface area contributed by atoms with Crippen molar-refractivity contribution >= 4 is 49.3 Å². The van der Waals surface area contributed by atoms with Gasteiger partial charge in [0.25, 0.3) is 0 Å². The molecule has 0 fully saturated rings. The van der Waals surface area contributed by atoms with Crippen LogP contribution in [-0.2, 0) is 11.2 Å². The minimum absolute atomic E-state index is 0.0608.